The summed E-state index contributed by atoms with van der Waals surface area (Å²) in [4.78, 5) is 23.4. The number of nitrogens with one attached hydrogen (secondary N) is 1. The number of carbonyl (C=O) groups excluding carboxylic acids is 1. The standard InChI is InChI=1S/C16H16ClNO3/c17-10-4-3-9(16(20)21)6-11(10)18-15(19)14-12-7-1-2-8(5-7)13(12)14/h3-4,6-8,12-14H,1-2,5H2,(H,18,19)(H,20,21). The van der Waals surface area contributed by atoms with Crippen LogP contribution >= 0.6 is 11.6 Å². The summed E-state index contributed by atoms with van der Waals surface area (Å²) in [6.07, 6.45) is 3.84. The Labute approximate surface area is 127 Å². The van der Waals surface area contributed by atoms with E-state index in [1.165, 1.54) is 37.5 Å². The molecule has 110 valence electrons. The Morgan fingerprint density at radius 2 is 1.86 bits per heavy atom. The van der Waals surface area contributed by atoms with Crippen LogP contribution in [0.5, 0.6) is 0 Å². The van der Waals surface area contributed by atoms with Crippen LogP contribution in [0.15, 0.2) is 18.2 Å². The smallest absolute Gasteiger partial charge is 0.335 e. The Bertz CT molecular complexity index is 628. The third kappa shape index (κ3) is 1.96. The van der Waals surface area contributed by atoms with Crippen LogP contribution in [0.25, 0.3) is 0 Å². The fourth-order valence-electron chi connectivity index (χ4n) is 4.65. The summed E-state index contributed by atoms with van der Waals surface area (Å²) in [6.45, 7) is 0. The molecule has 1 amide bonds. The largest absolute Gasteiger partial charge is 0.478 e. The molecule has 2 N–H and O–H groups in total. The van der Waals surface area contributed by atoms with Gasteiger partial charge in [0.2, 0.25) is 5.91 Å². The van der Waals surface area contributed by atoms with E-state index in [4.69, 9.17) is 16.7 Å². The number of aromatic carboxylic acids is 1. The van der Waals surface area contributed by atoms with Crippen molar-refractivity contribution < 1.29 is 14.7 Å². The fraction of sp³-hybridized carbons (Fsp3) is 0.500. The number of rotatable bonds is 3. The predicted molar refractivity (Wildman–Crippen MR) is 78.3 cm³/mol. The lowest BCUT2D eigenvalue weighted by atomic mass is 10.0. The van der Waals surface area contributed by atoms with Crippen molar-refractivity contribution in [3.05, 3.63) is 28.8 Å². The van der Waals surface area contributed by atoms with Crippen LogP contribution < -0.4 is 5.32 Å². The molecule has 1 aromatic rings. The van der Waals surface area contributed by atoms with Crippen molar-refractivity contribution in [1.82, 2.24) is 0 Å². The third-order valence-electron chi connectivity index (χ3n) is 5.51. The van der Waals surface area contributed by atoms with E-state index in [1.807, 2.05) is 0 Å². The van der Waals surface area contributed by atoms with Gasteiger partial charge in [-0.05, 0) is 61.1 Å². The molecule has 5 heteroatoms. The van der Waals surface area contributed by atoms with Gasteiger partial charge in [0.25, 0.3) is 0 Å². The number of carbonyl (C=O) groups is 2. The van der Waals surface area contributed by atoms with Gasteiger partial charge in [0.05, 0.1) is 16.3 Å². The first kappa shape index (κ1) is 13.1. The number of benzene rings is 1. The Hall–Kier alpha value is -1.55. The minimum Gasteiger partial charge on any atom is -0.478 e. The second-order valence-corrected chi connectivity index (χ2v) is 6.91. The molecule has 3 aliphatic carbocycles. The van der Waals surface area contributed by atoms with Gasteiger partial charge in [-0.15, -0.1) is 0 Å². The Morgan fingerprint density at radius 3 is 2.48 bits per heavy atom. The van der Waals surface area contributed by atoms with Crippen LogP contribution in [-0.2, 0) is 4.79 Å². The highest BCUT2D eigenvalue weighted by Gasteiger charge is 2.67. The maximum absolute atomic E-state index is 12.4. The number of carboxylic acid groups (broad SMARTS) is 1. The van der Waals surface area contributed by atoms with Gasteiger partial charge in [-0.25, -0.2) is 4.79 Å². The lowest BCUT2D eigenvalue weighted by Crippen LogP contribution is -2.19. The quantitative estimate of drug-likeness (QED) is 0.900. The van der Waals surface area contributed by atoms with E-state index in [-0.39, 0.29) is 17.4 Å². The molecule has 0 aliphatic heterocycles. The molecular weight excluding hydrogens is 290 g/mol. The summed E-state index contributed by atoms with van der Waals surface area (Å²) >= 11 is 6.05. The zero-order valence-corrected chi connectivity index (χ0v) is 12.1. The number of anilines is 1. The van der Waals surface area contributed by atoms with Crippen molar-refractivity contribution in [3.63, 3.8) is 0 Å². The topological polar surface area (TPSA) is 66.4 Å². The molecule has 1 aromatic carbocycles. The van der Waals surface area contributed by atoms with Crippen LogP contribution in [0.2, 0.25) is 5.02 Å². The van der Waals surface area contributed by atoms with Gasteiger partial charge in [0.15, 0.2) is 0 Å². The summed E-state index contributed by atoms with van der Waals surface area (Å²) in [7, 11) is 0. The summed E-state index contributed by atoms with van der Waals surface area (Å²) in [5.74, 6) is 1.68. The summed E-state index contributed by atoms with van der Waals surface area (Å²) in [5.41, 5.74) is 0.532. The molecule has 2 bridgehead atoms. The van der Waals surface area contributed by atoms with Crippen LogP contribution in [-0.4, -0.2) is 17.0 Å². The van der Waals surface area contributed by atoms with Gasteiger partial charge in [0, 0.05) is 5.92 Å². The van der Waals surface area contributed by atoms with Gasteiger partial charge in [-0.1, -0.05) is 11.6 Å². The molecule has 4 nitrogen and oxygen atoms in total. The maximum atomic E-state index is 12.4. The monoisotopic (exact) mass is 305 g/mol. The molecule has 0 aromatic heterocycles. The molecule has 3 aliphatic rings. The highest BCUT2D eigenvalue weighted by atomic mass is 35.5. The van der Waals surface area contributed by atoms with E-state index in [0.717, 1.165) is 11.8 Å². The molecule has 3 fully saturated rings. The zero-order valence-electron chi connectivity index (χ0n) is 11.4. The van der Waals surface area contributed by atoms with Gasteiger partial charge in [0.1, 0.15) is 0 Å². The van der Waals surface area contributed by atoms with Crippen molar-refractivity contribution in [2.45, 2.75) is 19.3 Å². The number of amides is 1. The number of fused-ring (bicyclic) bond motifs is 5. The molecule has 3 saturated carbocycles. The normalized spacial score (nSPS) is 35.4. The van der Waals surface area contributed by atoms with Crippen molar-refractivity contribution in [1.29, 1.82) is 0 Å². The van der Waals surface area contributed by atoms with Crippen molar-refractivity contribution in [3.8, 4) is 0 Å². The highest BCUT2D eigenvalue weighted by Crippen LogP contribution is 2.69. The van der Waals surface area contributed by atoms with Crippen LogP contribution in [0.4, 0.5) is 5.69 Å². The fourth-order valence-corrected chi connectivity index (χ4v) is 4.81. The summed E-state index contributed by atoms with van der Waals surface area (Å²) < 4.78 is 0. The molecule has 0 spiro atoms. The molecule has 21 heavy (non-hydrogen) atoms. The average Bonchev–Trinajstić information content (AvgIpc) is 2.90. The minimum atomic E-state index is -1.02. The third-order valence-corrected chi connectivity index (χ3v) is 5.84. The van der Waals surface area contributed by atoms with Crippen LogP contribution in [0, 0.1) is 29.6 Å². The molecule has 0 saturated heterocycles. The van der Waals surface area contributed by atoms with E-state index in [9.17, 15) is 9.59 Å². The first-order valence-electron chi connectivity index (χ1n) is 7.40. The van der Waals surface area contributed by atoms with Crippen molar-refractivity contribution in [2.75, 3.05) is 5.32 Å². The van der Waals surface area contributed by atoms with Gasteiger partial charge in [-0.3, -0.25) is 4.79 Å². The van der Waals surface area contributed by atoms with Gasteiger partial charge >= 0.3 is 5.97 Å². The number of hydrogen-bond acceptors (Lipinski definition) is 2. The molecule has 0 heterocycles. The van der Waals surface area contributed by atoms with Crippen molar-refractivity contribution in [2.24, 2.45) is 29.6 Å². The number of halogens is 1. The van der Waals surface area contributed by atoms with Gasteiger partial charge < -0.3 is 10.4 Å². The Morgan fingerprint density at radius 1 is 1.19 bits per heavy atom. The first-order chi connectivity index (χ1) is 10.1. The highest BCUT2D eigenvalue weighted by molar-refractivity contribution is 6.33. The summed E-state index contributed by atoms with van der Waals surface area (Å²) in [5, 5.41) is 12.2. The van der Waals surface area contributed by atoms with E-state index in [0.29, 0.717) is 22.5 Å². The van der Waals surface area contributed by atoms with E-state index < -0.39 is 5.97 Å². The first-order valence-corrected chi connectivity index (χ1v) is 7.78. The van der Waals surface area contributed by atoms with Crippen LogP contribution in [0.3, 0.4) is 0 Å². The molecule has 4 unspecified atom stereocenters. The Balaban J connectivity index is 1.51. The second kappa shape index (κ2) is 4.47. The minimum absolute atomic E-state index is 0.00559. The molecule has 4 rings (SSSR count). The molecule has 4 atom stereocenters. The zero-order chi connectivity index (χ0) is 14.7. The van der Waals surface area contributed by atoms with E-state index >= 15 is 0 Å². The van der Waals surface area contributed by atoms with E-state index in [1.54, 1.807) is 0 Å². The van der Waals surface area contributed by atoms with Gasteiger partial charge in [-0.2, -0.15) is 0 Å². The number of hydrogen-bond donors (Lipinski definition) is 2. The predicted octanol–water partition coefficient (Wildman–Crippen LogP) is 3.27. The van der Waals surface area contributed by atoms with Crippen molar-refractivity contribution >= 4 is 29.2 Å². The number of carboxylic acids is 1. The lowest BCUT2D eigenvalue weighted by molar-refractivity contribution is -0.118. The lowest BCUT2D eigenvalue weighted by Gasteiger charge is -2.11. The Kier molecular flexibility index (Phi) is 2.80. The summed E-state index contributed by atoms with van der Waals surface area (Å²) in [6, 6.07) is 4.37. The molecular formula is C16H16ClNO3. The molecule has 0 radical (unpaired) electrons. The second-order valence-electron chi connectivity index (χ2n) is 6.50. The maximum Gasteiger partial charge on any atom is 0.335 e. The SMILES string of the molecule is O=C(O)c1ccc(Cl)c(NC(=O)C2C3C4CCC(C4)C23)c1. The average molecular weight is 306 g/mol. The van der Waals surface area contributed by atoms with Crippen LogP contribution in [0.1, 0.15) is 29.6 Å². The van der Waals surface area contributed by atoms with E-state index in [2.05, 4.69) is 5.32 Å².